The maximum absolute atomic E-state index is 14.0. The minimum atomic E-state index is -4.20. The van der Waals surface area contributed by atoms with Gasteiger partial charge in [-0.25, -0.2) is 8.42 Å². The van der Waals surface area contributed by atoms with Crippen LogP contribution in [0.3, 0.4) is 0 Å². The zero-order valence-electron chi connectivity index (χ0n) is 23.7. The average Bonchev–Trinajstić information content (AvgIpc) is 2.98. The van der Waals surface area contributed by atoms with Gasteiger partial charge in [0.15, 0.2) is 11.5 Å². The van der Waals surface area contributed by atoms with E-state index in [4.69, 9.17) is 21.1 Å². The number of benzene rings is 3. The van der Waals surface area contributed by atoms with Gasteiger partial charge in [-0.2, -0.15) is 0 Å². The zero-order valence-corrected chi connectivity index (χ0v) is 25.2. The second-order valence-corrected chi connectivity index (χ2v) is 11.6. The molecule has 0 saturated heterocycles. The SMILES string of the molecule is CCCCNC(=O)[C@@H](C)N(Cc1cccc(Cl)c1)C(=O)CN(c1ccc(OC)c(OC)c1)S(=O)(=O)c1ccccc1. The van der Waals surface area contributed by atoms with Crippen LogP contribution in [0.5, 0.6) is 11.5 Å². The Morgan fingerprint density at radius 2 is 1.66 bits per heavy atom. The van der Waals surface area contributed by atoms with Crippen molar-refractivity contribution < 1.29 is 27.5 Å². The molecule has 3 aromatic carbocycles. The molecule has 41 heavy (non-hydrogen) atoms. The van der Waals surface area contributed by atoms with Gasteiger partial charge in [-0.1, -0.05) is 55.3 Å². The quantitative estimate of drug-likeness (QED) is 0.264. The Balaban J connectivity index is 2.05. The van der Waals surface area contributed by atoms with Crippen LogP contribution in [0.1, 0.15) is 32.3 Å². The number of anilines is 1. The fourth-order valence-electron chi connectivity index (χ4n) is 4.18. The number of amides is 2. The number of methoxy groups -OCH3 is 2. The molecule has 0 aliphatic rings. The standard InChI is InChI=1S/C30H36ClN3O6S/c1-5-6-17-32-30(36)22(2)33(20-23-11-10-12-24(31)18-23)29(35)21-34(41(37,38)26-13-8-7-9-14-26)25-15-16-27(39-3)28(19-25)40-4/h7-16,18-19,22H,5-6,17,20-21H2,1-4H3,(H,32,36)/t22-/m1/s1. The second kappa shape index (κ2) is 14.7. The van der Waals surface area contributed by atoms with E-state index in [0.29, 0.717) is 28.6 Å². The van der Waals surface area contributed by atoms with Gasteiger partial charge in [0.05, 0.1) is 24.8 Å². The molecular weight excluding hydrogens is 566 g/mol. The van der Waals surface area contributed by atoms with Crippen LogP contribution < -0.4 is 19.1 Å². The zero-order chi connectivity index (χ0) is 30.0. The van der Waals surface area contributed by atoms with Crippen LogP contribution in [0.25, 0.3) is 0 Å². The van der Waals surface area contributed by atoms with Gasteiger partial charge in [0.25, 0.3) is 10.0 Å². The third-order valence-corrected chi connectivity index (χ3v) is 8.53. The van der Waals surface area contributed by atoms with Crippen LogP contribution >= 0.6 is 11.6 Å². The average molecular weight is 602 g/mol. The van der Waals surface area contributed by atoms with Gasteiger partial charge in [0.1, 0.15) is 12.6 Å². The largest absolute Gasteiger partial charge is 0.493 e. The van der Waals surface area contributed by atoms with E-state index >= 15 is 0 Å². The van der Waals surface area contributed by atoms with Crippen molar-refractivity contribution in [3.8, 4) is 11.5 Å². The number of unbranched alkanes of at least 4 members (excludes halogenated alkanes) is 1. The van der Waals surface area contributed by atoms with Crippen LogP contribution in [0, 0.1) is 0 Å². The summed E-state index contributed by atoms with van der Waals surface area (Å²) in [5.41, 5.74) is 0.894. The van der Waals surface area contributed by atoms with Crippen molar-refractivity contribution in [2.45, 2.75) is 44.2 Å². The Bertz CT molecular complexity index is 1440. The van der Waals surface area contributed by atoms with E-state index in [9.17, 15) is 18.0 Å². The minimum Gasteiger partial charge on any atom is -0.493 e. The van der Waals surface area contributed by atoms with E-state index in [0.717, 1.165) is 17.1 Å². The molecule has 3 rings (SSSR count). The molecular formula is C30H36ClN3O6S. The Morgan fingerprint density at radius 3 is 2.29 bits per heavy atom. The van der Waals surface area contributed by atoms with Gasteiger partial charge in [0.2, 0.25) is 11.8 Å². The molecule has 0 heterocycles. The summed E-state index contributed by atoms with van der Waals surface area (Å²) in [6.45, 7) is 3.59. The van der Waals surface area contributed by atoms with Crippen molar-refractivity contribution >= 4 is 39.1 Å². The van der Waals surface area contributed by atoms with Gasteiger partial charge in [-0.3, -0.25) is 13.9 Å². The van der Waals surface area contributed by atoms with Crippen LogP contribution in [0.2, 0.25) is 5.02 Å². The lowest BCUT2D eigenvalue weighted by molar-refractivity contribution is -0.139. The van der Waals surface area contributed by atoms with Crippen molar-refractivity contribution in [3.05, 3.63) is 83.4 Å². The van der Waals surface area contributed by atoms with Gasteiger partial charge in [0, 0.05) is 24.2 Å². The predicted molar refractivity (Wildman–Crippen MR) is 160 cm³/mol. The number of hydrogen-bond acceptors (Lipinski definition) is 6. The third kappa shape index (κ3) is 8.14. The molecule has 3 aromatic rings. The lowest BCUT2D eigenvalue weighted by Crippen LogP contribution is -2.51. The molecule has 0 aliphatic carbocycles. The molecule has 2 amide bonds. The lowest BCUT2D eigenvalue weighted by atomic mass is 10.1. The highest BCUT2D eigenvalue weighted by Gasteiger charge is 2.33. The van der Waals surface area contributed by atoms with Crippen LogP contribution in [-0.4, -0.2) is 58.5 Å². The number of carbonyl (C=O) groups excluding carboxylic acids is 2. The summed E-state index contributed by atoms with van der Waals surface area (Å²) in [4.78, 5) is 28.4. The molecule has 0 fully saturated rings. The molecule has 0 bridgehead atoms. The smallest absolute Gasteiger partial charge is 0.264 e. The maximum Gasteiger partial charge on any atom is 0.264 e. The number of ether oxygens (including phenoxy) is 2. The summed E-state index contributed by atoms with van der Waals surface area (Å²) in [6, 6.07) is 18.5. The molecule has 0 radical (unpaired) electrons. The highest BCUT2D eigenvalue weighted by atomic mass is 35.5. The van der Waals surface area contributed by atoms with Crippen LogP contribution in [0.15, 0.2) is 77.7 Å². The third-order valence-electron chi connectivity index (χ3n) is 6.50. The summed E-state index contributed by atoms with van der Waals surface area (Å²) in [6.07, 6.45) is 1.69. The van der Waals surface area contributed by atoms with Crippen LogP contribution in [-0.2, 0) is 26.2 Å². The highest BCUT2D eigenvalue weighted by molar-refractivity contribution is 7.92. The van der Waals surface area contributed by atoms with Gasteiger partial charge in [-0.15, -0.1) is 0 Å². The van der Waals surface area contributed by atoms with E-state index in [2.05, 4.69) is 5.32 Å². The van der Waals surface area contributed by atoms with Gasteiger partial charge in [-0.05, 0) is 55.3 Å². The minimum absolute atomic E-state index is 0.00864. The van der Waals surface area contributed by atoms with E-state index in [1.54, 1.807) is 55.5 Å². The van der Waals surface area contributed by atoms with Crippen LogP contribution in [0.4, 0.5) is 5.69 Å². The number of hydrogen-bond donors (Lipinski definition) is 1. The Kier molecular flexibility index (Phi) is 11.4. The molecule has 0 saturated carbocycles. The van der Waals surface area contributed by atoms with Gasteiger partial charge >= 0.3 is 0 Å². The molecule has 0 aliphatic heterocycles. The monoisotopic (exact) mass is 601 g/mol. The maximum atomic E-state index is 14.0. The fourth-order valence-corrected chi connectivity index (χ4v) is 5.82. The van der Waals surface area contributed by atoms with Crippen molar-refractivity contribution in [1.82, 2.24) is 10.2 Å². The predicted octanol–water partition coefficient (Wildman–Crippen LogP) is 4.89. The molecule has 0 aromatic heterocycles. The number of carbonyl (C=O) groups is 2. The Hall–Kier alpha value is -3.76. The van der Waals surface area contributed by atoms with E-state index in [-0.39, 0.29) is 23.0 Å². The van der Waals surface area contributed by atoms with E-state index in [1.165, 1.54) is 43.4 Å². The number of sulfonamides is 1. The number of nitrogens with one attached hydrogen (secondary N) is 1. The molecule has 11 heteroatoms. The molecule has 0 unspecified atom stereocenters. The van der Waals surface area contributed by atoms with Gasteiger partial charge < -0.3 is 19.7 Å². The molecule has 1 atom stereocenters. The first-order chi connectivity index (χ1) is 19.6. The summed E-state index contributed by atoms with van der Waals surface area (Å²) in [5, 5.41) is 3.34. The van der Waals surface area contributed by atoms with Crippen molar-refractivity contribution in [2.75, 3.05) is 31.6 Å². The van der Waals surface area contributed by atoms with Crippen molar-refractivity contribution in [1.29, 1.82) is 0 Å². The molecule has 0 spiro atoms. The van der Waals surface area contributed by atoms with Crippen molar-refractivity contribution in [3.63, 3.8) is 0 Å². The first kappa shape index (κ1) is 31.8. The number of rotatable bonds is 14. The topological polar surface area (TPSA) is 105 Å². The first-order valence-electron chi connectivity index (χ1n) is 13.2. The molecule has 220 valence electrons. The second-order valence-electron chi connectivity index (χ2n) is 9.34. The molecule has 9 nitrogen and oxygen atoms in total. The highest BCUT2D eigenvalue weighted by Crippen LogP contribution is 2.34. The van der Waals surface area contributed by atoms with E-state index in [1.807, 2.05) is 6.92 Å². The summed E-state index contributed by atoms with van der Waals surface area (Å²) >= 11 is 6.19. The fraction of sp³-hybridized carbons (Fsp3) is 0.333. The first-order valence-corrected chi connectivity index (χ1v) is 15.1. The summed E-state index contributed by atoms with van der Waals surface area (Å²) < 4.78 is 39.5. The molecule has 1 N–H and O–H groups in total. The number of halogens is 1. The summed E-state index contributed by atoms with van der Waals surface area (Å²) in [5.74, 6) is -0.209. The van der Waals surface area contributed by atoms with E-state index < -0.39 is 28.5 Å². The number of nitrogens with zero attached hydrogens (tertiary/aromatic N) is 2. The summed E-state index contributed by atoms with van der Waals surface area (Å²) in [7, 11) is -1.29. The normalized spacial score (nSPS) is 11.8. The van der Waals surface area contributed by atoms with Crippen molar-refractivity contribution in [2.24, 2.45) is 0 Å². The Morgan fingerprint density at radius 1 is 0.951 bits per heavy atom. The Labute approximate surface area is 247 Å². The lowest BCUT2D eigenvalue weighted by Gasteiger charge is -2.32.